The number of carbonyl (C=O) groups is 1. The van der Waals surface area contributed by atoms with Crippen LogP contribution in [0.1, 0.15) is 47.4 Å². The lowest BCUT2D eigenvalue weighted by Crippen LogP contribution is -2.31. The van der Waals surface area contributed by atoms with Gasteiger partial charge in [-0.1, -0.05) is 18.0 Å². The molecule has 2 aromatic rings. The first-order valence-electron chi connectivity index (χ1n) is 8.76. The van der Waals surface area contributed by atoms with Crippen LogP contribution in [-0.4, -0.2) is 34.9 Å². The Bertz CT molecular complexity index is 712. The van der Waals surface area contributed by atoms with E-state index in [2.05, 4.69) is 9.47 Å². The van der Waals surface area contributed by atoms with Gasteiger partial charge in [-0.25, -0.2) is 0 Å². The second-order valence-electron chi connectivity index (χ2n) is 6.67. The number of ketones is 1. The van der Waals surface area contributed by atoms with Crippen LogP contribution in [0.3, 0.4) is 0 Å². The van der Waals surface area contributed by atoms with Gasteiger partial charge in [-0.05, 0) is 70.1 Å². The largest absolute Gasteiger partial charge is 0.318 e. The summed E-state index contributed by atoms with van der Waals surface area (Å²) in [6.45, 7) is 7.22. The Labute approximate surface area is 149 Å². The Hall–Kier alpha value is -1.58. The van der Waals surface area contributed by atoms with E-state index in [-0.39, 0.29) is 5.78 Å². The Morgan fingerprint density at radius 2 is 1.75 bits per heavy atom. The molecule has 3 rings (SSSR count). The van der Waals surface area contributed by atoms with E-state index < -0.39 is 0 Å². The van der Waals surface area contributed by atoms with Gasteiger partial charge in [0.25, 0.3) is 0 Å². The molecule has 1 aromatic carbocycles. The Kier molecular flexibility index (Phi) is 5.42. The predicted octanol–water partition coefficient (Wildman–Crippen LogP) is 4.81. The molecule has 1 saturated heterocycles. The number of hydrogen-bond acceptors (Lipinski definition) is 2. The minimum atomic E-state index is 0.244. The van der Waals surface area contributed by atoms with Crippen molar-refractivity contribution in [1.29, 1.82) is 0 Å². The van der Waals surface area contributed by atoms with Crippen LogP contribution in [0.25, 0.3) is 5.69 Å². The molecule has 0 saturated carbocycles. The van der Waals surface area contributed by atoms with Gasteiger partial charge >= 0.3 is 0 Å². The van der Waals surface area contributed by atoms with Crippen molar-refractivity contribution in [1.82, 2.24) is 9.47 Å². The molecule has 0 spiro atoms. The monoisotopic (exact) mass is 344 g/mol. The summed E-state index contributed by atoms with van der Waals surface area (Å²) in [4.78, 5) is 15.1. The SMILES string of the molecule is Cc1cc(C(=O)CCN2CCCCC2)c(C)n1-c1ccc(Cl)cc1. The highest BCUT2D eigenvalue weighted by Gasteiger charge is 2.18. The fourth-order valence-corrected chi connectivity index (χ4v) is 3.74. The van der Waals surface area contributed by atoms with Crippen molar-refractivity contribution < 1.29 is 4.79 Å². The van der Waals surface area contributed by atoms with Crippen molar-refractivity contribution in [3.8, 4) is 5.69 Å². The number of aromatic nitrogens is 1. The first-order chi connectivity index (χ1) is 11.6. The number of likely N-dealkylation sites (tertiary alicyclic amines) is 1. The molecule has 0 N–H and O–H groups in total. The zero-order valence-electron chi connectivity index (χ0n) is 14.5. The number of aryl methyl sites for hydroxylation is 1. The number of piperidine rings is 1. The smallest absolute Gasteiger partial charge is 0.165 e. The van der Waals surface area contributed by atoms with E-state index in [4.69, 9.17) is 11.6 Å². The molecular weight excluding hydrogens is 320 g/mol. The maximum atomic E-state index is 12.7. The van der Waals surface area contributed by atoms with Crippen molar-refractivity contribution in [2.45, 2.75) is 39.5 Å². The van der Waals surface area contributed by atoms with Crippen LogP contribution in [0, 0.1) is 13.8 Å². The fraction of sp³-hybridized carbons (Fsp3) is 0.450. The van der Waals surface area contributed by atoms with Gasteiger partial charge in [0.15, 0.2) is 5.78 Å². The summed E-state index contributed by atoms with van der Waals surface area (Å²) in [6.07, 6.45) is 4.45. The molecule has 0 atom stereocenters. The molecule has 1 fully saturated rings. The number of benzene rings is 1. The molecule has 2 heterocycles. The lowest BCUT2D eigenvalue weighted by molar-refractivity contribution is 0.0958. The molecular formula is C20H25ClN2O. The Morgan fingerprint density at radius 1 is 1.08 bits per heavy atom. The summed E-state index contributed by atoms with van der Waals surface area (Å²) < 4.78 is 2.13. The molecule has 4 heteroatoms. The highest BCUT2D eigenvalue weighted by Crippen LogP contribution is 2.23. The average molecular weight is 345 g/mol. The summed E-state index contributed by atoms with van der Waals surface area (Å²) in [5.41, 5.74) is 3.98. The van der Waals surface area contributed by atoms with E-state index in [1.807, 2.05) is 44.2 Å². The van der Waals surface area contributed by atoms with Gasteiger partial charge in [0.2, 0.25) is 0 Å². The standard InChI is InChI=1S/C20H25ClN2O/c1-15-14-19(20(24)10-13-22-11-4-3-5-12-22)16(2)23(15)18-8-6-17(21)7-9-18/h6-9,14H,3-5,10-13H2,1-2H3. The summed E-state index contributed by atoms with van der Waals surface area (Å²) >= 11 is 5.98. The first kappa shape index (κ1) is 17.2. The Morgan fingerprint density at radius 3 is 2.42 bits per heavy atom. The van der Waals surface area contributed by atoms with Gasteiger partial charge in [0, 0.05) is 40.6 Å². The van der Waals surface area contributed by atoms with E-state index in [9.17, 15) is 4.79 Å². The van der Waals surface area contributed by atoms with Crippen LogP contribution >= 0.6 is 11.6 Å². The molecule has 0 bridgehead atoms. The van der Waals surface area contributed by atoms with E-state index in [1.165, 1.54) is 19.3 Å². The highest BCUT2D eigenvalue weighted by molar-refractivity contribution is 6.30. The topological polar surface area (TPSA) is 25.2 Å². The first-order valence-corrected chi connectivity index (χ1v) is 9.14. The molecule has 0 radical (unpaired) electrons. The van der Waals surface area contributed by atoms with Crippen LogP contribution in [0.2, 0.25) is 5.02 Å². The van der Waals surface area contributed by atoms with Crippen molar-refractivity contribution >= 4 is 17.4 Å². The molecule has 24 heavy (non-hydrogen) atoms. The second-order valence-corrected chi connectivity index (χ2v) is 7.11. The summed E-state index contributed by atoms with van der Waals surface area (Å²) in [5, 5.41) is 0.721. The lowest BCUT2D eigenvalue weighted by Gasteiger charge is -2.25. The quantitative estimate of drug-likeness (QED) is 0.727. The molecule has 1 aromatic heterocycles. The second kappa shape index (κ2) is 7.54. The molecule has 0 amide bonds. The molecule has 1 aliphatic rings. The van der Waals surface area contributed by atoms with Crippen LogP contribution in [0.4, 0.5) is 0 Å². The Balaban J connectivity index is 1.75. The van der Waals surface area contributed by atoms with Crippen LogP contribution < -0.4 is 0 Å². The van der Waals surface area contributed by atoms with Gasteiger partial charge in [-0.15, -0.1) is 0 Å². The minimum Gasteiger partial charge on any atom is -0.318 e. The fourth-order valence-electron chi connectivity index (χ4n) is 3.61. The van der Waals surface area contributed by atoms with E-state index >= 15 is 0 Å². The summed E-state index contributed by atoms with van der Waals surface area (Å²) in [7, 11) is 0. The van der Waals surface area contributed by atoms with Crippen LogP contribution in [0.5, 0.6) is 0 Å². The van der Waals surface area contributed by atoms with E-state index in [0.717, 1.165) is 47.3 Å². The van der Waals surface area contributed by atoms with Crippen LogP contribution in [0.15, 0.2) is 30.3 Å². The lowest BCUT2D eigenvalue weighted by atomic mass is 10.1. The van der Waals surface area contributed by atoms with Gasteiger partial charge in [-0.2, -0.15) is 0 Å². The predicted molar refractivity (Wildman–Crippen MR) is 99.5 cm³/mol. The van der Waals surface area contributed by atoms with E-state index in [0.29, 0.717) is 6.42 Å². The maximum Gasteiger partial charge on any atom is 0.165 e. The van der Waals surface area contributed by atoms with Gasteiger partial charge in [-0.3, -0.25) is 4.79 Å². The number of Topliss-reactive ketones (excluding diaryl/α,β-unsaturated/α-hetero) is 1. The molecule has 128 valence electrons. The van der Waals surface area contributed by atoms with Crippen molar-refractivity contribution in [3.05, 3.63) is 52.3 Å². The third-order valence-electron chi connectivity index (χ3n) is 4.92. The normalized spacial score (nSPS) is 15.6. The van der Waals surface area contributed by atoms with E-state index in [1.54, 1.807) is 0 Å². The molecule has 0 unspecified atom stereocenters. The van der Waals surface area contributed by atoms with Gasteiger partial charge in [0.05, 0.1) is 0 Å². The summed E-state index contributed by atoms with van der Waals surface area (Å²) in [5.74, 6) is 0.244. The summed E-state index contributed by atoms with van der Waals surface area (Å²) in [6, 6.07) is 9.76. The zero-order valence-corrected chi connectivity index (χ0v) is 15.3. The third-order valence-corrected chi connectivity index (χ3v) is 5.17. The van der Waals surface area contributed by atoms with Crippen molar-refractivity contribution in [2.75, 3.05) is 19.6 Å². The number of nitrogens with zero attached hydrogens (tertiary/aromatic N) is 2. The zero-order chi connectivity index (χ0) is 17.1. The number of hydrogen-bond donors (Lipinski definition) is 0. The molecule has 1 aliphatic heterocycles. The number of carbonyl (C=O) groups excluding carboxylic acids is 1. The van der Waals surface area contributed by atoms with Gasteiger partial charge < -0.3 is 9.47 Å². The molecule has 3 nitrogen and oxygen atoms in total. The number of halogens is 1. The van der Waals surface area contributed by atoms with Crippen molar-refractivity contribution in [3.63, 3.8) is 0 Å². The third kappa shape index (κ3) is 3.73. The molecule has 0 aliphatic carbocycles. The van der Waals surface area contributed by atoms with Gasteiger partial charge in [0.1, 0.15) is 0 Å². The highest BCUT2D eigenvalue weighted by atomic mass is 35.5. The van der Waals surface area contributed by atoms with Crippen molar-refractivity contribution in [2.24, 2.45) is 0 Å². The van der Waals surface area contributed by atoms with Crippen LogP contribution in [-0.2, 0) is 0 Å². The number of rotatable bonds is 5. The average Bonchev–Trinajstić information content (AvgIpc) is 2.89. The minimum absolute atomic E-state index is 0.244. The maximum absolute atomic E-state index is 12.7.